The van der Waals surface area contributed by atoms with Crippen molar-refractivity contribution in [1.82, 2.24) is 20.3 Å². The average molecular weight is 432 g/mol. The van der Waals surface area contributed by atoms with Crippen LogP contribution in [-0.2, 0) is 11.3 Å². The van der Waals surface area contributed by atoms with Crippen LogP contribution in [0.4, 0.5) is 22.4 Å². The summed E-state index contributed by atoms with van der Waals surface area (Å²) in [7, 11) is 0. The number of urea groups is 1. The maximum Gasteiger partial charge on any atom is 0.319 e. The van der Waals surface area contributed by atoms with Crippen LogP contribution in [0.2, 0.25) is 5.02 Å². The lowest BCUT2D eigenvalue weighted by Gasteiger charge is -2.28. The number of amides is 2. The molecule has 2 N–H and O–H groups in total. The van der Waals surface area contributed by atoms with Gasteiger partial charge in [0.2, 0.25) is 11.9 Å². The molecule has 0 unspecified atom stereocenters. The first-order valence-electron chi connectivity index (χ1n) is 10.2. The van der Waals surface area contributed by atoms with Crippen LogP contribution in [-0.4, -0.2) is 60.4 Å². The summed E-state index contributed by atoms with van der Waals surface area (Å²) in [5.41, 5.74) is 1.59. The second-order valence-electron chi connectivity index (χ2n) is 7.42. The van der Waals surface area contributed by atoms with Crippen LogP contribution in [0.3, 0.4) is 0 Å². The smallest absolute Gasteiger partial charge is 0.319 e. The molecule has 2 aromatic rings. The maximum atomic E-state index is 12.3. The largest absolute Gasteiger partial charge is 0.378 e. The zero-order valence-corrected chi connectivity index (χ0v) is 17.8. The number of halogens is 1. The molecule has 160 valence electrons. The van der Waals surface area contributed by atoms with E-state index in [1.165, 1.54) is 0 Å². The van der Waals surface area contributed by atoms with Gasteiger partial charge in [-0.15, -0.1) is 0 Å². The Morgan fingerprint density at radius 2 is 1.73 bits per heavy atom. The number of benzene rings is 1. The highest BCUT2D eigenvalue weighted by molar-refractivity contribution is 6.31. The van der Waals surface area contributed by atoms with Crippen molar-refractivity contribution in [2.24, 2.45) is 0 Å². The van der Waals surface area contributed by atoms with E-state index < -0.39 is 0 Å². The number of nitrogens with zero attached hydrogens (tertiary/aromatic N) is 5. The number of aromatic nitrogens is 3. The monoisotopic (exact) mass is 431 g/mol. The minimum absolute atomic E-state index is 0.201. The lowest BCUT2D eigenvalue weighted by Crippen LogP contribution is -2.38. The van der Waals surface area contributed by atoms with Gasteiger partial charge in [-0.25, -0.2) is 4.79 Å². The number of nitrogens with one attached hydrogen (secondary N) is 2. The Labute approximate surface area is 180 Å². The van der Waals surface area contributed by atoms with Gasteiger partial charge in [0.25, 0.3) is 0 Å². The van der Waals surface area contributed by atoms with Gasteiger partial charge in [-0.2, -0.15) is 15.0 Å². The van der Waals surface area contributed by atoms with Crippen LogP contribution >= 0.6 is 11.6 Å². The van der Waals surface area contributed by atoms with E-state index in [9.17, 15) is 4.79 Å². The molecule has 0 radical (unpaired) electrons. The molecular weight excluding hydrogens is 406 g/mol. The maximum absolute atomic E-state index is 12.3. The van der Waals surface area contributed by atoms with Crippen molar-refractivity contribution >= 4 is 35.2 Å². The lowest BCUT2D eigenvalue weighted by molar-refractivity contribution is 0.122. The molecule has 4 rings (SSSR count). The number of morpholine rings is 1. The Kier molecular flexibility index (Phi) is 6.49. The highest BCUT2D eigenvalue weighted by Crippen LogP contribution is 2.21. The van der Waals surface area contributed by atoms with Crippen LogP contribution in [0.25, 0.3) is 0 Å². The number of hydrogen-bond donors (Lipinski definition) is 2. The number of aryl methyl sites for hydroxylation is 1. The first-order chi connectivity index (χ1) is 14.6. The standard InChI is InChI=1S/C20H26ClN7O2/c1-14-4-5-15(12-16(14)21)23-20(29)22-13-17-24-18(27-6-2-3-7-27)26-19(25-17)28-8-10-30-11-9-28/h4-5,12H,2-3,6-11,13H2,1H3,(H2,22,23,29). The first kappa shape index (κ1) is 20.6. The Balaban J connectivity index is 1.45. The van der Waals surface area contributed by atoms with E-state index >= 15 is 0 Å². The molecule has 1 aromatic carbocycles. The van der Waals surface area contributed by atoms with Crippen LogP contribution in [0.5, 0.6) is 0 Å². The Morgan fingerprint density at radius 1 is 1.07 bits per heavy atom. The highest BCUT2D eigenvalue weighted by Gasteiger charge is 2.21. The number of carbonyl (C=O) groups excluding carboxylic acids is 1. The van der Waals surface area contributed by atoms with Gasteiger partial charge in [0.1, 0.15) is 0 Å². The normalized spacial score (nSPS) is 16.6. The first-order valence-corrected chi connectivity index (χ1v) is 10.6. The Bertz CT molecular complexity index is 899. The summed E-state index contributed by atoms with van der Waals surface area (Å²) in [6.07, 6.45) is 2.27. The summed E-state index contributed by atoms with van der Waals surface area (Å²) in [4.78, 5) is 30.5. The third-order valence-electron chi connectivity index (χ3n) is 5.18. The van der Waals surface area contributed by atoms with Crippen molar-refractivity contribution in [2.75, 3.05) is 54.5 Å². The number of hydrogen-bond acceptors (Lipinski definition) is 7. The van der Waals surface area contributed by atoms with E-state index in [0.29, 0.717) is 41.6 Å². The fraction of sp³-hybridized carbons (Fsp3) is 0.500. The molecule has 30 heavy (non-hydrogen) atoms. The fourth-order valence-electron chi connectivity index (χ4n) is 3.44. The third-order valence-corrected chi connectivity index (χ3v) is 5.58. The quantitative estimate of drug-likeness (QED) is 0.751. The van der Waals surface area contributed by atoms with E-state index in [-0.39, 0.29) is 12.6 Å². The Morgan fingerprint density at radius 3 is 2.40 bits per heavy atom. The zero-order chi connectivity index (χ0) is 20.9. The summed E-state index contributed by atoms with van der Waals surface area (Å²) in [6, 6.07) is 5.06. The van der Waals surface area contributed by atoms with Crippen molar-refractivity contribution < 1.29 is 9.53 Å². The molecule has 0 bridgehead atoms. The van der Waals surface area contributed by atoms with Gasteiger partial charge in [-0.05, 0) is 37.5 Å². The van der Waals surface area contributed by atoms with E-state index in [1.54, 1.807) is 6.07 Å². The molecule has 10 heteroatoms. The fourth-order valence-corrected chi connectivity index (χ4v) is 3.62. The summed E-state index contributed by atoms with van der Waals surface area (Å²) < 4.78 is 5.43. The molecule has 2 fully saturated rings. The molecule has 9 nitrogen and oxygen atoms in total. The van der Waals surface area contributed by atoms with Crippen molar-refractivity contribution in [2.45, 2.75) is 26.3 Å². The van der Waals surface area contributed by atoms with Gasteiger partial charge in [-0.1, -0.05) is 17.7 Å². The molecule has 0 spiro atoms. The van der Waals surface area contributed by atoms with Crippen molar-refractivity contribution in [1.29, 1.82) is 0 Å². The number of carbonyl (C=O) groups is 1. The van der Waals surface area contributed by atoms with Crippen molar-refractivity contribution in [3.8, 4) is 0 Å². The molecule has 0 saturated carbocycles. The molecule has 3 heterocycles. The molecule has 2 amide bonds. The summed E-state index contributed by atoms with van der Waals surface area (Å²) in [6.45, 7) is 6.78. The Hall–Kier alpha value is -2.65. The van der Waals surface area contributed by atoms with Crippen molar-refractivity contribution in [3.05, 3.63) is 34.6 Å². The van der Waals surface area contributed by atoms with E-state index in [1.807, 2.05) is 19.1 Å². The summed E-state index contributed by atoms with van der Waals surface area (Å²) in [5, 5.41) is 6.21. The van der Waals surface area contributed by atoms with Gasteiger partial charge >= 0.3 is 6.03 Å². The SMILES string of the molecule is Cc1ccc(NC(=O)NCc2nc(N3CCCC3)nc(N3CCOCC3)n2)cc1Cl. The van der Waals surface area contributed by atoms with E-state index in [2.05, 4.69) is 35.4 Å². The topological polar surface area (TPSA) is 95.5 Å². The van der Waals surface area contributed by atoms with Crippen LogP contribution in [0, 0.1) is 6.92 Å². The van der Waals surface area contributed by atoms with Crippen LogP contribution < -0.4 is 20.4 Å². The van der Waals surface area contributed by atoms with E-state index in [0.717, 1.165) is 44.6 Å². The molecule has 2 aliphatic heterocycles. The number of ether oxygens (including phenoxy) is 1. The number of anilines is 3. The second-order valence-corrected chi connectivity index (χ2v) is 7.82. The van der Waals surface area contributed by atoms with Crippen LogP contribution in [0.15, 0.2) is 18.2 Å². The van der Waals surface area contributed by atoms with Gasteiger partial charge in [0.15, 0.2) is 5.82 Å². The van der Waals surface area contributed by atoms with Crippen LogP contribution in [0.1, 0.15) is 24.2 Å². The molecular formula is C20H26ClN7O2. The predicted molar refractivity (Wildman–Crippen MR) is 116 cm³/mol. The lowest BCUT2D eigenvalue weighted by atomic mass is 10.2. The van der Waals surface area contributed by atoms with Gasteiger partial charge in [0, 0.05) is 36.9 Å². The minimum atomic E-state index is -0.342. The van der Waals surface area contributed by atoms with E-state index in [4.69, 9.17) is 16.3 Å². The number of rotatable bonds is 5. The third kappa shape index (κ3) is 5.09. The predicted octanol–water partition coefficient (Wildman–Crippen LogP) is 2.59. The highest BCUT2D eigenvalue weighted by atomic mass is 35.5. The molecule has 1 aromatic heterocycles. The van der Waals surface area contributed by atoms with Gasteiger partial charge in [-0.3, -0.25) is 0 Å². The zero-order valence-electron chi connectivity index (χ0n) is 17.0. The van der Waals surface area contributed by atoms with Gasteiger partial charge < -0.3 is 25.2 Å². The average Bonchev–Trinajstić information content (AvgIpc) is 3.30. The second kappa shape index (κ2) is 9.44. The van der Waals surface area contributed by atoms with Crippen molar-refractivity contribution in [3.63, 3.8) is 0 Å². The summed E-state index contributed by atoms with van der Waals surface area (Å²) >= 11 is 6.12. The molecule has 0 aliphatic carbocycles. The molecule has 0 atom stereocenters. The van der Waals surface area contributed by atoms with Gasteiger partial charge in [0.05, 0.1) is 19.8 Å². The molecule has 2 saturated heterocycles. The molecule has 2 aliphatic rings. The summed E-state index contributed by atoms with van der Waals surface area (Å²) in [5.74, 6) is 1.84. The minimum Gasteiger partial charge on any atom is -0.378 e.